The maximum atomic E-state index is 13.4. The minimum absolute atomic E-state index is 0.139. The summed E-state index contributed by atoms with van der Waals surface area (Å²) in [7, 11) is 0. The summed E-state index contributed by atoms with van der Waals surface area (Å²) in [5, 5.41) is 8.02. The van der Waals surface area contributed by atoms with Crippen LogP contribution in [0, 0.1) is 12.7 Å². The van der Waals surface area contributed by atoms with Gasteiger partial charge in [-0.15, -0.1) is 0 Å². The van der Waals surface area contributed by atoms with Crippen molar-refractivity contribution in [3.05, 3.63) is 106 Å². The van der Waals surface area contributed by atoms with E-state index in [1.54, 1.807) is 31.2 Å². The summed E-state index contributed by atoms with van der Waals surface area (Å²) in [4.78, 5) is 25.9. The second-order valence-electron chi connectivity index (χ2n) is 6.76. The zero-order valence-electron chi connectivity index (χ0n) is 15.7. The molecule has 1 N–H and O–H groups in total. The van der Waals surface area contributed by atoms with Crippen LogP contribution < -0.4 is 10.9 Å². The number of halogens is 1. The average molecular weight is 387 g/mol. The van der Waals surface area contributed by atoms with Crippen LogP contribution in [-0.2, 0) is 6.54 Å². The molecular weight excluding hydrogens is 369 g/mol. The van der Waals surface area contributed by atoms with E-state index < -0.39 is 5.91 Å². The molecular formula is C23H18FN3O2. The van der Waals surface area contributed by atoms with Crippen molar-refractivity contribution in [1.82, 2.24) is 9.78 Å². The Balaban J connectivity index is 1.79. The molecule has 1 amide bonds. The molecule has 0 atom stereocenters. The molecule has 0 spiro atoms. The molecule has 1 heterocycles. The van der Waals surface area contributed by atoms with Gasteiger partial charge in [0.1, 0.15) is 5.82 Å². The summed E-state index contributed by atoms with van der Waals surface area (Å²) in [6.07, 6.45) is 0. The second-order valence-corrected chi connectivity index (χ2v) is 6.76. The molecule has 0 unspecified atom stereocenters. The van der Waals surface area contributed by atoms with Crippen LogP contribution in [0.3, 0.4) is 0 Å². The van der Waals surface area contributed by atoms with Gasteiger partial charge in [-0.2, -0.15) is 5.10 Å². The van der Waals surface area contributed by atoms with Crippen LogP contribution >= 0.6 is 0 Å². The molecule has 0 aliphatic carbocycles. The smallest absolute Gasteiger partial charge is 0.276 e. The van der Waals surface area contributed by atoms with E-state index in [4.69, 9.17) is 0 Å². The summed E-state index contributed by atoms with van der Waals surface area (Å²) in [6, 6.07) is 20.5. The Hall–Kier alpha value is -3.80. The van der Waals surface area contributed by atoms with Crippen molar-refractivity contribution in [3.63, 3.8) is 0 Å². The van der Waals surface area contributed by atoms with Crippen LogP contribution in [0.1, 0.15) is 21.6 Å². The number of carbonyl (C=O) groups excluding carboxylic acids is 1. The lowest BCUT2D eigenvalue weighted by Crippen LogP contribution is -2.28. The monoisotopic (exact) mass is 387 g/mol. The highest BCUT2D eigenvalue weighted by Gasteiger charge is 2.17. The van der Waals surface area contributed by atoms with E-state index in [0.717, 1.165) is 5.56 Å². The molecule has 5 nitrogen and oxygen atoms in total. The quantitative estimate of drug-likeness (QED) is 0.572. The van der Waals surface area contributed by atoms with Gasteiger partial charge in [-0.25, -0.2) is 9.07 Å². The first-order valence-corrected chi connectivity index (χ1v) is 9.14. The molecule has 6 heteroatoms. The summed E-state index contributed by atoms with van der Waals surface area (Å²) in [6.45, 7) is 1.96. The zero-order chi connectivity index (χ0) is 20.4. The Morgan fingerprint density at radius 1 is 1.00 bits per heavy atom. The number of benzene rings is 3. The van der Waals surface area contributed by atoms with Gasteiger partial charge in [-0.1, -0.05) is 48.5 Å². The van der Waals surface area contributed by atoms with E-state index in [1.807, 2.05) is 30.3 Å². The molecule has 0 bridgehead atoms. The van der Waals surface area contributed by atoms with Crippen molar-refractivity contribution in [2.45, 2.75) is 13.5 Å². The Bertz CT molecular complexity index is 1270. The van der Waals surface area contributed by atoms with Gasteiger partial charge >= 0.3 is 0 Å². The van der Waals surface area contributed by atoms with Crippen molar-refractivity contribution in [3.8, 4) is 0 Å². The third-order valence-electron chi connectivity index (χ3n) is 4.69. The van der Waals surface area contributed by atoms with Gasteiger partial charge in [0.05, 0.1) is 11.9 Å². The lowest BCUT2D eigenvalue weighted by molar-refractivity contribution is 0.102. The molecule has 0 saturated heterocycles. The van der Waals surface area contributed by atoms with Crippen LogP contribution in [0.2, 0.25) is 0 Å². The predicted molar refractivity (Wildman–Crippen MR) is 111 cm³/mol. The summed E-state index contributed by atoms with van der Waals surface area (Å²) >= 11 is 0. The SMILES string of the molecule is Cc1cc(F)ccc1NC(=O)c1nn(Cc2ccccc2)c(=O)c2ccccc12. The number of nitrogens with zero attached hydrogens (tertiary/aromatic N) is 2. The van der Waals surface area contributed by atoms with E-state index >= 15 is 0 Å². The van der Waals surface area contributed by atoms with Crippen LogP contribution in [0.15, 0.2) is 77.6 Å². The van der Waals surface area contributed by atoms with Crippen LogP contribution in [0.4, 0.5) is 10.1 Å². The van der Waals surface area contributed by atoms with Gasteiger partial charge in [0, 0.05) is 11.1 Å². The van der Waals surface area contributed by atoms with E-state index in [9.17, 15) is 14.0 Å². The van der Waals surface area contributed by atoms with Gasteiger partial charge in [-0.3, -0.25) is 9.59 Å². The van der Waals surface area contributed by atoms with E-state index in [0.29, 0.717) is 22.0 Å². The number of hydrogen-bond donors (Lipinski definition) is 1. The van der Waals surface area contributed by atoms with E-state index in [-0.39, 0.29) is 23.6 Å². The number of aromatic nitrogens is 2. The summed E-state index contributed by atoms with van der Waals surface area (Å²) < 4.78 is 14.7. The fourth-order valence-corrected chi connectivity index (χ4v) is 3.22. The molecule has 0 aliphatic heterocycles. The molecule has 0 radical (unpaired) electrons. The van der Waals surface area contributed by atoms with Gasteiger partial charge in [0.2, 0.25) is 0 Å². The lowest BCUT2D eigenvalue weighted by Gasteiger charge is -2.12. The fourth-order valence-electron chi connectivity index (χ4n) is 3.22. The molecule has 0 fully saturated rings. The van der Waals surface area contributed by atoms with Crippen molar-refractivity contribution in [2.75, 3.05) is 5.32 Å². The normalized spacial score (nSPS) is 10.8. The number of anilines is 1. The Labute approximate surface area is 166 Å². The number of fused-ring (bicyclic) bond motifs is 1. The molecule has 3 aromatic carbocycles. The molecule has 1 aromatic heterocycles. The van der Waals surface area contributed by atoms with Gasteiger partial charge in [-0.05, 0) is 42.3 Å². The van der Waals surface area contributed by atoms with Crippen LogP contribution in [0.5, 0.6) is 0 Å². The van der Waals surface area contributed by atoms with Gasteiger partial charge < -0.3 is 5.32 Å². The second kappa shape index (κ2) is 7.67. The van der Waals surface area contributed by atoms with E-state index in [2.05, 4.69) is 10.4 Å². The van der Waals surface area contributed by atoms with Gasteiger partial charge in [0.15, 0.2) is 5.69 Å². The molecule has 4 aromatic rings. The van der Waals surface area contributed by atoms with Crippen molar-refractivity contribution in [1.29, 1.82) is 0 Å². The third kappa shape index (κ3) is 3.78. The average Bonchev–Trinajstić information content (AvgIpc) is 2.73. The number of carbonyl (C=O) groups is 1. The number of hydrogen-bond acceptors (Lipinski definition) is 3. The topological polar surface area (TPSA) is 64.0 Å². The zero-order valence-corrected chi connectivity index (χ0v) is 15.7. The highest BCUT2D eigenvalue weighted by Crippen LogP contribution is 2.19. The largest absolute Gasteiger partial charge is 0.320 e. The Kier molecular flexibility index (Phi) is 4.91. The maximum Gasteiger partial charge on any atom is 0.276 e. The van der Waals surface area contributed by atoms with Crippen LogP contribution in [0.25, 0.3) is 10.8 Å². The Morgan fingerprint density at radius 3 is 2.41 bits per heavy atom. The number of aryl methyl sites for hydroxylation is 1. The molecule has 29 heavy (non-hydrogen) atoms. The lowest BCUT2D eigenvalue weighted by atomic mass is 10.1. The molecule has 144 valence electrons. The van der Waals surface area contributed by atoms with E-state index in [1.165, 1.54) is 22.9 Å². The standard InChI is InChI=1S/C23H18FN3O2/c1-15-13-17(24)11-12-20(15)25-22(28)21-18-9-5-6-10-19(18)23(29)27(26-21)14-16-7-3-2-4-8-16/h2-13H,14H2,1H3,(H,25,28). The van der Waals surface area contributed by atoms with Crippen molar-refractivity contribution >= 4 is 22.4 Å². The van der Waals surface area contributed by atoms with Crippen molar-refractivity contribution in [2.24, 2.45) is 0 Å². The first-order chi connectivity index (χ1) is 14.0. The minimum atomic E-state index is -0.460. The highest BCUT2D eigenvalue weighted by molar-refractivity contribution is 6.11. The first kappa shape index (κ1) is 18.6. The third-order valence-corrected chi connectivity index (χ3v) is 4.69. The highest BCUT2D eigenvalue weighted by atomic mass is 19.1. The summed E-state index contributed by atoms with van der Waals surface area (Å²) in [5.74, 6) is -0.835. The molecule has 0 aliphatic rings. The van der Waals surface area contributed by atoms with Crippen molar-refractivity contribution < 1.29 is 9.18 Å². The fraction of sp³-hybridized carbons (Fsp3) is 0.0870. The Morgan fingerprint density at radius 2 is 1.69 bits per heavy atom. The van der Waals surface area contributed by atoms with Gasteiger partial charge in [0.25, 0.3) is 11.5 Å². The molecule has 0 saturated carbocycles. The summed E-state index contributed by atoms with van der Waals surface area (Å²) in [5.41, 5.74) is 1.86. The maximum absolute atomic E-state index is 13.4. The number of nitrogens with one attached hydrogen (secondary N) is 1. The number of amides is 1. The molecule has 4 rings (SSSR count). The van der Waals surface area contributed by atoms with Crippen LogP contribution in [-0.4, -0.2) is 15.7 Å². The minimum Gasteiger partial charge on any atom is -0.320 e. The number of rotatable bonds is 4. The first-order valence-electron chi connectivity index (χ1n) is 9.14. The predicted octanol–water partition coefficient (Wildman–Crippen LogP) is 4.14.